The SMILES string of the molecule is COCC1CCN(CC2COCCN2)CC1. The van der Waals surface area contributed by atoms with Gasteiger partial charge in [-0.05, 0) is 31.8 Å². The Morgan fingerprint density at radius 3 is 2.81 bits per heavy atom. The minimum Gasteiger partial charge on any atom is -0.384 e. The van der Waals surface area contributed by atoms with Crippen LogP contribution in [-0.4, -0.2) is 64.1 Å². The molecule has 0 aromatic carbocycles. The van der Waals surface area contributed by atoms with E-state index in [4.69, 9.17) is 9.47 Å². The van der Waals surface area contributed by atoms with E-state index < -0.39 is 0 Å². The van der Waals surface area contributed by atoms with Gasteiger partial charge < -0.3 is 19.7 Å². The van der Waals surface area contributed by atoms with Crippen LogP contribution in [0, 0.1) is 5.92 Å². The van der Waals surface area contributed by atoms with Gasteiger partial charge in [0.15, 0.2) is 0 Å². The van der Waals surface area contributed by atoms with E-state index in [0.717, 1.165) is 38.8 Å². The van der Waals surface area contributed by atoms with Gasteiger partial charge in [-0.1, -0.05) is 0 Å². The molecule has 0 bridgehead atoms. The fourth-order valence-corrected chi connectivity index (χ4v) is 2.62. The highest BCUT2D eigenvalue weighted by Crippen LogP contribution is 2.17. The molecule has 1 atom stereocenters. The van der Waals surface area contributed by atoms with Crippen LogP contribution in [0.25, 0.3) is 0 Å². The molecule has 1 unspecified atom stereocenters. The molecule has 2 aliphatic rings. The second-order valence-corrected chi connectivity index (χ2v) is 4.93. The molecule has 2 saturated heterocycles. The van der Waals surface area contributed by atoms with Crippen LogP contribution >= 0.6 is 0 Å². The van der Waals surface area contributed by atoms with E-state index in [1.165, 1.54) is 25.9 Å². The monoisotopic (exact) mass is 228 g/mol. The van der Waals surface area contributed by atoms with Gasteiger partial charge in [-0.15, -0.1) is 0 Å². The number of hydrogen-bond donors (Lipinski definition) is 1. The predicted octanol–water partition coefficient (Wildman–Crippen LogP) is 0.333. The average molecular weight is 228 g/mol. The van der Waals surface area contributed by atoms with Gasteiger partial charge in [-0.3, -0.25) is 0 Å². The Hall–Kier alpha value is -0.160. The van der Waals surface area contributed by atoms with Gasteiger partial charge in [0.2, 0.25) is 0 Å². The summed E-state index contributed by atoms with van der Waals surface area (Å²) in [5.41, 5.74) is 0. The average Bonchev–Trinajstić information content (AvgIpc) is 2.33. The van der Waals surface area contributed by atoms with Crippen molar-refractivity contribution in [2.45, 2.75) is 18.9 Å². The molecule has 4 heteroatoms. The Morgan fingerprint density at radius 2 is 2.19 bits per heavy atom. The molecule has 0 aliphatic carbocycles. The number of likely N-dealkylation sites (tertiary alicyclic amines) is 1. The quantitative estimate of drug-likeness (QED) is 0.752. The summed E-state index contributed by atoms with van der Waals surface area (Å²) in [6, 6.07) is 0.535. The van der Waals surface area contributed by atoms with Crippen LogP contribution < -0.4 is 5.32 Å². The zero-order valence-corrected chi connectivity index (χ0v) is 10.3. The summed E-state index contributed by atoms with van der Waals surface area (Å²) >= 11 is 0. The molecule has 16 heavy (non-hydrogen) atoms. The zero-order valence-electron chi connectivity index (χ0n) is 10.3. The van der Waals surface area contributed by atoms with Gasteiger partial charge in [-0.2, -0.15) is 0 Å². The first kappa shape index (κ1) is 12.3. The number of hydrogen-bond acceptors (Lipinski definition) is 4. The Labute approximate surface area is 98.3 Å². The first-order chi connectivity index (χ1) is 7.88. The third-order valence-corrected chi connectivity index (χ3v) is 3.59. The Balaban J connectivity index is 1.64. The summed E-state index contributed by atoms with van der Waals surface area (Å²) in [5, 5.41) is 3.51. The van der Waals surface area contributed by atoms with Gasteiger partial charge in [0.05, 0.1) is 13.2 Å². The van der Waals surface area contributed by atoms with Crippen molar-refractivity contribution in [3.63, 3.8) is 0 Å². The number of ether oxygens (including phenoxy) is 2. The van der Waals surface area contributed by atoms with E-state index >= 15 is 0 Å². The van der Waals surface area contributed by atoms with Gasteiger partial charge in [-0.25, -0.2) is 0 Å². The molecule has 0 aromatic heterocycles. The third-order valence-electron chi connectivity index (χ3n) is 3.59. The Bertz CT molecular complexity index is 187. The van der Waals surface area contributed by atoms with Crippen molar-refractivity contribution in [3.05, 3.63) is 0 Å². The van der Waals surface area contributed by atoms with Crippen molar-refractivity contribution in [1.29, 1.82) is 0 Å². The number of nitrogens with one attached hydrogen (secondary N) is 1. The maximum atomic E-state index is 5.47. The maximum Gasteiger partial charge on any atom is 0.0632 e. The molecular formula is C12H24N2O2. The first-order valence-corrected chi connectivity index (χ1v) is 6.41. The summed E-state index contributed by atoms with van der Waals surface area (Å²) in [7, 11) is 1.80. The van der Waals surface area contributed by atoms with Crippen LogP contribution in [0.4, 0.5) is 0 Å². The standard InChI is InChI=1S/C12H24N2O2/c1-15-9-11-2-5-14(6-3-11)8-12-10-16-7-4-13-12/h11-13H,2-10H2,1H3. The summed E-state index contributed by atoms with van der Waals surface area (Å²) in [6.07, 6.45) is 2.56. The molecule has 2 heterocycles. The van der Waals surface area contributed by atoms with Crippen molar-refractivity contribution in [1.82, 2.24) is 10.2 Å². The molecule has 1 N–H and O–H groups in total. The van der Waals surface area contributed by atoms with Crippen LogP contribution in [0.15, 0.2) is 0 Å². The number of methoxy groups -OCH3 is 1. The minimum absolute atomic E-state index is 0.535. The van der Waals surface area contributed by atoms with Crippen LogP contribution in [0.3, 0.4) is 0 Å². The van der Waals surface area contributed by atoms with Gasteiger partial charge in [0.1, 0.15) is 0 Å². The normalized spacial score (nSPS) is 29.4. The van der Waals surface area contributed by atoms with Crippen molar-refractivity contribution in [3.8, 4) is 0 Å². The summed E-state index contributed by atoms with van der Waals surface area (Å²) in [4.78, 5) is 2.55. The molecule has 2 rings (SSSR count). The lowest BCUT2D eigenvalue weighted by Crippen LogP contribution is -2.50. The Kier molecular flexibility index (Phi) is 5.03. The minimum atomic E-state index is 0.535. The van der Waals surface area contributed by atoms with E-state index in [9.17, 15) is 0 Å². The molecule has 4 nitrogen and oxygen atoms in total. The van der Waals surface area contributed by atoms with Crippen LogP contribution in [0.2, 0.25) is 0 Å². The lowest BCUT2D eigenvalue weighted by Gasteiger charge is -2.35. The van der Waals surface area contributed by atoms with Gasteiger partial charge >= 0.3 is 0 Å². The van der Waals surface area contributed by atoms with Crippen molar-refractivity contribution >= 4 is 0 Å². The van der Waals surface area contributed by atoms with Crippen molar-refractivity contribution in [2.24, 2.45) is 5.92 Å². The van der Waals surface area contributed by atoms with E-state index in [1.54, 1.807) is 7.11 Å². The summed E-state index contributed by atoms with van der Waals surface area (Å²) in [5.74, 6) is 0.775. The highest BCUT2D eigenvalue weighted by molar-refractivity contribution is 4.78. The molecule has 94 valence electrons. The molecule has 2 fully saturated rings. The predicted molar refractivity (Wildman–Crippen MR) is 63.6 cm³/mol. The fourth-order valence-electron chi connectivity index (χ4n) is 2.62. The summed E-state index contributed by atoms with van der Waals surface area (Å²) in [6.45, 7) is 7.24. The topological polar surface area (TPSA) is 33.7 Å². The molecular weight excluding hydrogens is 204 g/mol. The molecule has 0 amide bonds. The second kappa shape index (κ2) is 6.55. The maximum absolute atomic E-state index is 5.47. The van der Waals surface area contributed by atoms with E-state index in [-0.39, 0.29) is 0 Å². The van der Waals surface area contributed by atoms with Crippen molar-refractivity contribution in [2.75, 3.05) is 53.1 Å². The number of morpholine rings is 1. The smallest absolute Gasteiger partial charge is 0.0632 e. The van der Waals surface area contributed by atoms with Crippen LogP contribution in [0.1, 0.15) is 12.8 Å². The van der Waals surface area contributed by atoms with Crippen LogP contribution in [-0.2, 0) is 9.47 Å². The van der Waals surface area contributed by atoms with E-state index in [1.807, 2.05) is 0 Å². The van der Waals surface area contributed by atoms with Crippen molar-refractivity contribution < 1.29 is 9.47 Å². The molecule has 2 aliphatic heterocycles. The number of rotatable bonds is 4. The molecule has 0 spiro atoms. The highest BCUT2D eigenvalue weighted by atomic mass is 16.5. The highest BCUT2D eigenvalue weighted by Gasteiger charge is 2.22. The largest absolute Gasteiger partial charge is 0.384 e. The third kappa shape index (κ3) is 3.70. The number of nitrogens with zero attached hydrogens (tertiary/aromatic N) is 1. The second-order valence-electron chi connectivity index (χ2n) is 4.93. The van der Waals surface area contributed by atoms with Gasteiger partial charge in [0.25, 0.3) is 0 Å². The summed E-state index contributed by atoms with van der Waals surface area (Å²) < 4.78 is 10.7. The molecule has 0 aromatic rings. The molecule has 0 radical (unpaired) electrons. The first-order valence-electron chi connectivity index (χ1n) is 6.41. The van der Waals surface area contributed by atoms with Gasteiger partial charge in [0, 0.05) is 32.8 Å². The van der Waals surface area contributed by atoms with Crippen LogP contribution in [0.5, 0.6) is 0 Å². The molecule has 0 saturated carbocycles. The lowest BCUT2D eigenvalue weighted by molar-refractivity contribution is 0.0487. The Morgan fingerprint density at radius 1 is 1.38 bits per heavy atom. The van der Waals surface area contributed by atoms with E-state index in [2.05, 4.69) is 10.2 Å². The lowest BCUT2D eigenvalue weighted by atomic mass is 9.97. The zero-order chi connectivity index (χ0) is 11.2. The number of piperidine rings is 1. The van der Waals surface area contributed by atoms with E-state index in [0.29, 0.717) is 6.04 Å². The fraction of sp³-hybridized carbons (Fsp3) is 1.00.